The molecule has 4 amide bonds. The quantitative estimate of drug-likeness (QED) is 0.496. The van der Waals surface area contributed by atoms with Crippen molar-refractivity contribution in [2.75, 3.05) is 53.4 Å². The number of carbonyl (C=O) groups is 4. The smallest absolute Gasteiger partial charge is 0.240 e. The molecule has 1 aromatic carbocycles. The number of rotatable bonds is 9. The molecule has 0 saturated carbocycles. The summed E-state index contributed by atoms with van der Waals surface area (Å²) in [5.74, 6) is -1.88. The van der Waals surface area contributed by atoms with Gasteiger partial charge in [-0.3, -0.25) is 24.1 Å². The molecule has 1 aromatic rings. The number of amides is 4. The summed E-state index contributed by atoms with van der Waals surface area (Å²) in [5, 5.41) is 0. The normalized spacial score (nSPS) is 22.7. The maximum atomic E-state index is 14.2. The minimum atomic E-state index is -1.45. The Hall–Kier alpha value is -2.81. The van der Waals surface area contributed by atoms with E-state index in [0.717, 1.165) is 0 Å². The Morgan fingerprint density at radius 2 is 1.89 bits per heavy atom. The van der Waals surface area contributed by atoms with E-state index in [4.69, 9.17) is 0 Å². The summed E-state index contributed by atoms with van der Waals surface area (Å²) in [6.07, 6.45) is 0.998. The number of halogens is 1. The molecule has 0 aliphatic carbocycles. The van der Waals surface area contributed by atoms with Crippen molar-refractivity contribution in [3.05, 3.63) is 35.6 Å². The fraction of sp³-hybridized carbons (Fsp3) is 0.615. The molecule has 0 unspecified atom stereocenters. The van der Waals surface area contributed by atoms with Crippen LogP contribution in [0, 0.1) is 11.7 Å². The third-order valence-corrected chi connectivity index (χ3v) is 7.21. The van der Waals surface area contributed by atoms with E-state index in [-0.39, 0.29) is 43.0 Å². The zero-order valence-corrected chi connectivity index (χ0v) is 21.3. The lowest BCUT2D eigenvalue weighted by Gasteiger charge is -2.36. The summed E-state index contributed by atoms with van der Waals surface area (Å²) >= 11 is 0. The maximum absolute atomic E-state index is 14.2. The average Bonchev–Trinajstić information content (AvgIpc) is 3.07. The lowest BCUT2D eigenvalue weighted by atomic mass is 9.75. The molecule has 192 valence electrons. The summed E-state index contributed by atoms with van der Waals surface area (Å²) in [6.45, 7) is 6.57. The second-order valence-corrected chi connectivity index (χ2v) is 9.79. The highest BCUT2D eigenvalue weighted by Gasteiger charge is 2.54. The second kappa shape index (κ2) is 11.3. The van der Waals surface area contributed by atoms with Crippen LogP contribution in [-0.4, -0.2) is 96.6 Å². The van der Waals surface area contributed by atoms with Crippen LogP contribution in [0.25, 0.3) is 0 Å². The van der Waals surface area contributed by atoms with E-state index in [0.29, 0.717) is 51.1 Å². The van der Waals surface area contributed by atoms with Gasteiger partial charge in [0.05, 0.1) is 11.3 Å². The van der Waals surface area contributed by atoms with Crippen molar-refractivity contribution in [2.24, 2.45) is 5.92 Å². The van der Waals surface area contributed by atoms with Gasteiger partial charge in [-0.05, 0) is 58.5 Å². The van der Waals surface area contributed by atoms with Crippen LogP contribution in [0.2, 0.25) is 0 Å². The van der Waals surface area contributed by atoms with Gasteiger partial charge >= 0.3 is 0 Å². The zero-order valence-electron chi connectivity index (χ0n) is 21.3. The van der Waals surface area contributed by atoms with E-state index in [9.17, 15) is 23.6 Å². The van der Waals surface area contributed by atoms with Crippen molar-refractivity contribution in [3.8, 4) is 0 Å². The zero-order chi connectivity index (χ0) is 25.8. The SMILES string of the molecule is CCN(CC)C(=O)[C@H]1CCCN(C(=O)C[C@]2(c3cccc(F)c3)CC(=O)N(CCN(C)C)C2=O)C1. The van der Waals surface area contributed by atoms with Gasteiger partial charge in [-0.2, -0.15) is 0 Å². The van der Waals surface area contributed by atoms with Crippen molar-refractivity contribution < 1.29 is 23.6 Å². The van der Waals surface area contributed by atoms with E-state index in [2.05, 4.69) is 0 Å². The first-order chi connectivity index (χ1) is 16.6. The van der Waals surface area contributed by atoms with Gasteiger partial charge in [0, 0.05) is 52.1 Å². The largest absolute Gasteiger partial charge is 0.343 e. The van der Waals surface area contributed by atoms with Crippen LogP contribution in [0.4, 0.5) is 4.39 Å². The molecule has 2 aliphatic rings. The number of benzene rings is 1. The highest BCUT2D eigenvalue weighted by molar-refractivity contribution is 6.10. The third kappa shape index (κ3) is 5.72. The molecule has 0 radical (unpaired) electrons. The Labute approximate surface area is 207 Å². The fourth-order valence-electron chi connectivity index (χ4n) is 5.15. The molecular weight excluding hydrogens is 451 g/mol. The Balaban J connectivity index is 1.86. The van der Waals surface area contributed by atoms with Gasteiger partial charge < -0.3 is 14.7 Å². The summed E-state index contributed by atoms with van der Waals surface area (Å²) in [7, 11) is 3.70. The number of carbonyl (C=O) groups excluding carboxylic acids is 4. The first kappa shape index (κ1) is 26.8. The van der Waals surface area contributed by atoms with Gasteiger partial charge in [0.2, 0.25) is 23.6 Å². The summed E-state index contributed by atoms with van der Waals surface area (Å²) in [6, 6.07) is 5.63. The third-order valence-electron chi connectivity index (χ3n) is 7.21. The van der Waals surface area contributed by atoms with Crippen molar-refractivity contribution >= 4 is 23.6 Å². The Kier molecular flexibility index (Phi) is 8.64. The Morgan fingerprint density at radius 1 is 1.17 bits per heavy atom. The lowest BCUT2D eigenvalue weighted by Crippen LogP contribution is -2.49. The van der Waals surface area contributed by atoms with Crippen LogP contribution in [0.15, 0.2) is 24.3 Å². The van der Waals surface area contributed by atoms with Crippen LogP contribution in [0.5, 0.6) is 0 Å². The number of hydrogen-bond acceptors (Lipinski definition) is 5. The monoisotopic (exact) mass is 488 g/mol. The Bertz CT molecular complexity index is 964. The Morgan fingerprint density at radius 3 is 2.51 bits per heavy atom. The van der Waals surface area contributed by atoms with Gasteiger partial charge in [0.15, 0.2) is 0 Å². The van der Waals surface area contributed by atoms with Crippen molar-refractivity contribution in [2.45, 2.75) is 44.9 Å². The predicted molar refractivity (Wildman–Crippen MR) is 130 cm³/mol. The molecule has 2 aliphatic heterocycles. The number of imide groups is 1. The highest BCUT2D eigenvalue weighted by atomic mass is 19.1. The molecule has 0 spiro atoms. The van der Waals surface area contributed by atoms with Gasteiger partial charge in [0.1, 0.15) is 5.82 Å². The van der Waals surface area contributed by atoms with Crippen molar-refractivity contribution in [3.63, 3.8) is 0 Å². The standard InChI is InChI=1S/C26H37FN4O4/c1-5-29(6-2)24(34)19-9-8-12-30(18-19)22(32)16-26(20-10-7-11-21(27)15-20)17-23(33)31(25(26)35)14-13-28(3)4/h7,10-11,15,19H,5-6,8-9,12-14,16-18H2,1-4H3/t19-,26+/m0/s1. The minimum absolute atomic E-state index is 0.0364. The molecule has 2 heterocycles. The number of piperidine rings is 1. The van der Waals surface area contributed by atoms with E-state index < -0.39 is 17.1 Å². The van der Waals surface area contributed by atoms with Crippen molar-refractivity contribution in [1.29, 1.82) is 0 Å². The molecule has 2 fully saturated rings. The molecular formula is C26H37FN4O4. The summed E-state index contributed by atoms with van der Waals surface area (Å²) < 4.78 is 14.2. The molecule has 9 heteroatoms. The van der Waals surface area contributed by atoms with E-state index in [1.165, 1.54) is 23.1 Å². The van der Waals surface area contributed by atoms with Crippen LogP contribution >= 0.6 is 0 Å². The minimum Gasteiger partial charge on any atom is -0.343 e. The van der Waals surface area contributed by atoms with Crippen LogP contribution in [0.3, 0.4) is 0 Å². The first-order valence-corrected chi connectivity index (χ1v) is 12.4. The molecule has 35 heavy (non-hydrogen) atoms. The summed E-state index contributed by atoms with van der Waals surface area (Å²) in [5.41, 5.74) is -1.11. The average molecular weight is 489 g/mol. The number of hydrogen-bond donors (Lipinski definition) is 0. The molecule has 0 N–H and O–H groups in total. The van der Waals surface area contributed by atoms with Crippen LogP contribution in [-0.2, 0) is 24.6 Å². The molecule has 3 rings (SSSR count). The first-order valence-electron chi connectivity index (χ1n) is 12.4. The van der Waals surface area contributed by atoms with Gasteiger partial charge in [0.25, 0.3) is 0 Å². The van der Waals surface area contributed by atoms with Crippen LogP contribution in [0.1, 0.15) is 45.1 Å². The number of likely N-dealkylation sites (tertiary alicyclic amines) is 2. The second-order valence-electron chi connectivity index (χ2n) is 9.79. The van der Waals surface area contributed by atoms with Gasteiger partial charge in [-0.1, -0.05) is 12.1 Å². The predicted octanol–water partition coefficient (Wildman–Crippen LogP) is 1.88. The van der Waals surface area contributed by atoms with Gasteiger partial charge in [-0.15, -0.1) is 0 Å². The molecule has 2 atom stereocenters. The molecule has 0 bridgehead atoms. The fourth-order valence-corrected chi connectivity index (χ4v) is 5.15. The topological polar surface area (TPSA) is 81.2 Å². The number of nitrogens with zero attached hydrogens (tertiary/aromatic N) is 4. The summed E-state index contributed by atoms with van der Waals surface area (Å²) in [4.78, 5) is 59.5. The van der Waals surface area contributed by atoms with E-state index in [1.54, 1.807) is 15.9 Å². The van der Waals surface area contributed by atoms with Crippen LogP contribution < -0.4 is 0 Å². The van der Waals surface area contributed by atoms with Gasteiger partial charge in [-0.25, -0.2) is 4.39 Å². The molecule has 8 nitrogen and oxygen atoms in total. The molecule has 0 aromatic heterocycles. The maximum Gasteiger partial charge on any atom is 0.240 e. The highest BCUT2D eigenvalue weighted by Crippen LogP contribution is 2.41. The molecule has 2 saturated heterocycles. The van der Waals surface area contributed by atoms with E-state index >= 15 is 0 Å². The van der Waals surface area contributed by atoms with Crippen molar-refractivity contribution in [1.82, 2.24) is 19.6 Å². The number of likely N-dealkylation sites (N-methyl/N-ethyl adjacent to an activating group) is 1. The van der Waals surface area contributed by atoms with E-state index in [1.807, 2.05) is 32.8 Å². The lowest BCUT2D eigenvalue weighted by molar-refractivity contribution is -0.145.